The van der Waals surface area contributed by atoms with Gasteiger partial charge in [0.25, 0.3) is 0 Å². The number of nitrogens with zero attached hydrogens (tertiary/aromatic N) is 4. The molecule has 2 fully saturated rings. The SMILES string of the molecule is O=S(=O)(CC1CCC(c2cnnc3cnc4[nH]ccc4c23)CC1)N1CCCC(COc2ccc(OC(F)(F)F)cc2)C1. The molecule has 9 nitrogen and oxygen atoms in total. The third-order valence-electron chi connectivity index (χ3n) is 8.37. The van der Waals surface area contributed by atoms with Gasteiger partial charge in [-0.25, -0.2) is 17.7 Å². The van der Waals surface area contributed by atoms with Crippen LogP contribution in [-0.2, 0) is 10.0 Å². The zero-order chi connectivity index (χ0) is 29.3. The summed E-state index contributed by atoms with van der Waals surface area (Å²) in [4.78, 5) is 7.58. The van der Waals surface area contributed by atoms with Crippen molar-refractivity contribution in [2.24, 2.45) is 11.8 Å². The topological polar surface area (TPSA) is 110 Å². The number of piperidine rings is 1. The average Bonchev–Trinajstić information content (AvgIpc) is 3.46. The van der Waals surface area contributed by atoms with Crippen LogP contribution in [0.5, 0.6) is 11.5 Å². The van der Waals surface area contributed by atoms with Crippen molar-refractivity contribution in [3.63, 3.8) is 0 Å². The number of fused-ring (bicyclic) bond motifs is 3. The van der Waals surface area contributed by atoms with Gasteiger partial charge in [0, 0.05) is 36.0 Å². The zero-order valence-corrected chi connectivity index (χ0v) is 23.7. The van der Waals surface area contributed by atoms with E-state index in [9.17, 15) is 21.6 Å². The highest BCUT2D eigenvalue weighted by Gasteiger charge is 2.34. The smallest absolute Gasteiger partial charge is 0.493 e. The Morgan fingerprint density at radius 3 is 2.50 bits per heavy atom. The lowest BCUT2D eigenvalue weighted by Gasteiger charge is -2.34. The van der Waals surface area contributed by atoms with Crippen LogP contribution >= 0.6 is 0 Å². The number of rotatable bonds is 8. The van der Waals surface area contributed by atoms with Crippen molar-refractivity contribution in [3.8, 4) is 11.5 Å². The molecule has 0 radical (unpaired) electrons. The Balaban J connectivity index is 1.03. The summed E-state index contributed by atoms with van der Waals surface area (Å²) >= 11 is 0. The first-order valence-electron chi connectivity index (χ1n) is 14.2. The minimum atomic E-state index is -4.75. The minimum Gasteiger partial charge on any atom is -0.493 e. The summed E-state index contributed by atoms with van der Waals surface area (Å²) in [5.41, 5.74) is 2.73. The molecule has 1 unspecified atom stereocenters. The molecule has 1 N–H and O–H groups in total. The molecule has 1 saturated heterocycles. The molecule has 13 heteroatoms. The van der Waals surface area contributed by atoms with E-state index in [0.29, 0.717) is 18.8 Å². The molecule has 4 aromatic rings. The van der Waals surface area contributed by atoms with Crippen LogP contribution in [0.3, 0.4) is 0 Å². The number of aromatic amines is 1. The number of benzene rings is 1. The van der Waals surface area contributed by atoms with E-state index in [4.69, 9.17) is 4.74 Å². The van der Waals surface area contributed by atoms with Crippen molar-refractivity contribution in [1.29, 1.82) is 0 Å². The zero-order valence-electron chi connectivity index (χ0n) is 22.9. The largest absolute Gasteiger partial charge is 0.573 e. The number of halogens is 3. The highest BCUT2D eigenvalue weighted by atomic mass is 32.2. The molecule has 1 aliphatic carbocycles. The first kappa shape index (κ1) is 28.7. The molecule has 6 rings (SSSR count). The first-order chi connectivity index (χ1) is 20.1. The Kier molecular flexibility index (Phi) is 7.97. The van der Waals surface area contributed by atoms with E-state index in [2.05, 4.69) is 24.9 Å². The predicted molar refractivity (Wildman–Crippen MR) is 151 cm³/mol. The fourth-order valence-corrected chi connectivity index (χ4v) is 8.30. The summed E-state index contributed by atoms with van der Waals surface area (Å²) in [5, 5.41) is 10.6. The molecule has 1 aromatic carbocycles. The van der Waals surface area contributed by atoms with E-state index >= 15 is 0 Å². The van der Waals surface area contributed by atoms with Crippen LogP contribution in [0.25, 0.3) is 21.9 Å². The van der Waals surface area contributed by atoms with Crippen molar-refractivity contribution in [2.75, 3.05) is 25.4 Å². The van der Waals surface area contributed by atoms with Crippen LogP contribution < -0.4 is 9.47 Å². The number of pyridine rings is 1. The maximum absolute atomic E-state index is 13.4. The molecular weight excluding hydrogens is 571 g/mol. The van der Waals surface area contributed by atoms with Crippen molar-refractivity contribution < 1.29 is 31.1 Å². The highest BCUT2D eigenvalue weighted by Crippen LogP contribution is 2.40. The molecule has 224 valence electrons. The Labute approximate surface area is 241 Å². The van der Waals surface area contributed by atoms with Crippen LogP contribution in [0.4, 0.5) is 13.2 Å². The fourth-order valence-electron chi connectivity index (χ4n) is 6.31. The highest BCUT2D eigenvalue weighted by molar-refractivity contribution is 7.89. The number of ether oxygens (including phenoxy) is 2. The summed E-state index contributed by atoms with van der Waals surface area (Å²) in [6.45, 7) is 1.16. The van der Waals surface area contributed by atoms with Gasteiger partial charge in [0.2, 0.25) is 10.0 Å². The van der Waals surface area contributed by atoms with Gasteiger partial charge in [-0.2, -0.15) is 5.10 Å². The molecular formula is C29H32F3N5O4S. The van der Waals surface area contributed by atoms with E-state index in [1.54, 1.807) is 10.5 Å². The molecule has 0 amide bonds. The number of alkyl halides is 3. The molecule has 4 heterocycles. The van der Waals surface area contributed by atoms with E-state index in [-0.39, 0.29) is 35.9 Å². The molecule has 0 bridgehead atoms. The van der Waals surface area contributed by atoms with Crippen molar-refractivity contribution in [3.05, 3.63) is 54.5 Å². The van der Waals surface area contributed by atoms with Gasteiger partial charge in [0.1, 0.15) is 22.7 Å². The average molecular weight is 604 g/mol. The van der Waals surface area contributed by atoms with Gasteiger partial charge in [-0.1, -0.05) is 0 Å². The van der Waals surface area contributed by atoms with Gasteiger partial charge in [0.15, 0.2) is 0 Å². The Hall–Kier alpha value is -3.45. The fraction of sp³-hybridized carbons (Fsp3) is 0.483. The molecule has 0 spiro atoms. The van der Waals surface area contributed by atoms with Gasteiger partial charge in [-0.3, -0.25) is 0 Å². The van der Waals surface area contributed by atoms with Crippen LogP contribution in [-0.4, -0.2) is 64.7 Å². The van der Waals surface area contributed by atoms with E-state index in [1.165, 1.54) is 24.3 Å². The van der Waals surface area contributed by atoms with Crippen LogP contribution in [0, 0.1) is 11.8 Å². The normalized spacial score (nSPS) is 22.4. The Morgan fingerprint density at radius 2 is 1.74 bits per heavy atom. The lowest BCUT2D eigenvalue weighted by atomic mass is 9.79. The second-order valence-corrected chi connectivity index (χ2v) is 13.3. The number of nitrogens with one attached hydrogen (secondary N) is 1. The maximum atomic E-state index is 13.4. The molecule has 42 heavy (non-hydrogen) atoms. The summed E-state index contributed by atoms with van der Waals surface area (Å²) < 4.78 is 75.2. The van der Waals surface area contributed by atoms with Crippen molar-refractivity contribution in [1.82, 2.24) is 24.5 Å². The van der Waals surface area contributed by atoms with E-state index < -0.39 is 16.4 Å². The molecule has 1 saturated carbocycles. The lowest BCUT2D eigenvalue weighted by Crippen LogP contribution is -2.43. The third-order valence-corrected chi connectivity index (χ3v) is 10.4. The third kappa shape index (κ3) is 6.46. The van der Waals surface area contributed by atoms with Gasteiger partial charge in [-0.05, 0) is 86.3 Å². The van der Waals surface area contributed by atoms with Crippen LogP contribution in [0.15, 0.2) is 48.9 Å². The quantitative estimate of drug-likeness (QED) is 0.271. The summed E-state index contributed by atoms with van der Waals surface area (Å²) in [5.74, 6) is 0.604. The lowest BCUT2D eigenvalue weighted by molar-refractivity contribution is -0.274. The minimum absolute atomic E-state index is 0.00240. The Morgan fingerprint density at radius 1 is 0.976 bits per heavy atom. The molecule has 2 aliphatic rings. The Bertz CT molecular complexity index is 1640. The van der Waals surface area contributed by atoms with Gasteiger partial charge in [0.05, 0.1) is 24.8 Å². The van der Waals surface area contributed by atoms with Gasteiger partial charge < -0.3 is 14.5 Å². The van der Waals surface area contributed by atoms with E-state index in [1.807, 2.05) is 18.5 Å². The second-order valence-electron chi connectivity index (χ2n) is 11.3. The monoisotopic (exact) mass is 603 g/mol. The van der Waals surface area contributed by atoms with Gasteiger partial charge >= 0.3 is 6.36 Å². The molecule has 1 aliphatic heterocycles. The second kappa shape index (κ2) is 11.7. The summed E-state index contributed by atoms with van der Waals surface area (Å²) in [6.07, 6.45) is 5.68. The predicted octanol–water partition coefficient (Wildman–Crippen LogP) is 5.80. The number of aromatic nitrogens is 4. The van der Waals surface area contributed by atoms with E-state index in [0.717, 1.165) is 66.0 Å². The number of hydrogen-bond acceptors (Lipinski definition) is 7. The standard InChI is InChI=1S/C29H32F3N5O4S/c30-29(31,32)41-23-9-7-22(8-10-23)40-17-20-2-1-13-37(16-20)42(38,39)18-19-3-5-21(6-4-19)25-14-35-36-26-15-34-28-24(27(25)26)11-12-33-28/h7-12,14-15,19-21H,1-6,13,16-18H2,(H,33,34). The first-order valence-corrected chi connectivity index (χ1v) is 15.8. The maximum Gasteiger partial charge on any atom is 0.573 e. The number of sulfonamides is 1. The van der Waals surface area contributed by atoms with Gasteiger partial charge in [-0.15, -0.1) is 18.3 Å². The molecule has 1 atom stereocenters. The molecule has 3 aromatic heterocycles. The summed E-state index contributed by atoms with van der Waals surface area (Å²) in [7, 11) is -3.44. The number of H-pyrrole nitrogens is 1. The summed E-state index contributed by atoms with van der Waals surface area (Å²) in [6, 6.07) is 7.23. The van der Waals surface area contributed by atoms with Crippen molar-refractivity contribution in [2.45, 2.75) is 50.8 Å². The van der Waals surface area contributed by atoms with Crippen molar-refractivity contribution >= 4 is 32.0 Å². The van der Waals surface area contributed by atoms with Crippen LogP contribution in [0.2, 0.25) is 0 Å². The number of hydrogen-bond donors (Lipinski definition) is 1. The van der Waals surface area contributed by atoms with Crippen LogP contribution in [0.1, 0.15) is 50.0 Å².